The van der Waals surface area contributed by atoms with Crippen LogP contribution in [-0.2, 0) is 6.54 Å². The number of carbonyl (C=O) groups excluding carboxylic acids is 1. The van der Waals surface area contributed by atoms with Gasteiger partial charge >= 0.3 is 6.03 Å². The molecule has 1 saturated carbocycles. The summed E-state index contributed by atoms with van der Waals surface area (Å²) in [5.41, 5.74) is 1.58. The van der Waals surface area contributed by atoms with Crippen LogP contribution in [0.25, 0.3) is 0 Å². The standard InChI is InChI=1S/C16H24N2OS/c1-16(2)9-13(16)10-17-15(19)18(3)11-12-6-5-7-14(8-12)20-4/h5-8,13H,9-11H2,1-4H3,(H,17,19). The average molecular weight is 292 g/mol. The van der Waals surface area contributed by atoms with Gasteiger partial charge in [-0.05, 0) is 41.7 Å². The predicted molar refractivity (Wildman–Crippen MR) is 85.0 cm³/mol. The third-order valence-corrected chi connectivity index (χ3v) is 4.84. The van der Waals surface area contributed by atoms with Gasteiger partial charge in [-0.25, -0.2) is 4.79 Å². The van der Waals surface area contributed by atoms with E-state index < -0.39 is 0 Å². The van der Waals surface area contributed by atoms with E-state index in [4.69, 9.17) is 0 Å². The number of nitrogens with zero attached hydrogens (tertiary/aromatic N) is 1. The Bertz CT molecular complexity index is 487. The van der Waals surface area contributed by atoms with Gasteiger partial charge in [0.2, 0.25) is 0 Å². The van der Waals surface area contributed by atoms with Gasteiger partial charge in [-0.2, -0.15) is 0 Å². The van der Waals surface area contributed by atoms with E-state index in [1.54, 1.807) is 16.7 Å². The summed E-state index contributed by atoms with van der Waals surface area (Å²) in [6.45, 7) is 5.94. The minimum Gasteiger partial charge on any atom is -0.338 e. The van der Waals surface area contributed by atoms with Crippen molar-refractivity contribution in [1.82, 2.24) is 10.2 Å². The fourth-order valence-electron chi connectivity index (χ4n) is 2.39. The molecule has 1 N–H and O–H groups in total. The topological polar surface area (TPSA) is 32.3 Å². The first-order valence-electron chi connectivity index (χ1n) is 7.04. The van der Waals surface area contributed by atoms with Crippen LogP contribution in [0, 0.1) is 11.3 Å². The average Bonchev–Trinajstić information content (AvgIpc) is 3.03. The maximum Gasteiger partial charge on any atom is 0.317 e. The summed E-state index contributed by atoms with van der Waals surface area (Å²) >= 11 is 1.72. The molecule has 1 atom stereocenters. The zero-order valence-corrected chi connectivity index (χ0v) is 13.6. The van der Waals surface area contributed by atoms with Crippen LogP contribution in [0.3, 0.4) is 0 Å². The van der Waals surface area contributed by atoms with Gasteiger partial charge in [0.1, 0.15) is 0 Å². The number of urea groups is 1. The lowest BCUT2D eigenvalue weighted by Crippen LogP contribution is -2.38. The number of nitrogens with one attached hydrogen (secondary N) is 1. The van der Waals surface area contributed by atoms with E-state index in [0.717, 1.165) is 6.54 Å². The lowest BCUT2D eigenvalue weighted by Gasteiger charge is -2.18. The molecular weight excluding hydrogens is 268 g/mol. The Morgan fingerprint density at radius 3 is 2.80 bits per heavy atom. The quantitative estimate of drug-likeness (QED) is 0.841. The van der Waals surface area contributed by atoms with Gasteiger partial charge in [-0.3, -0.25) is 0 Å². The van der Waals surface area contributed by atoms with Crippen LogP contribution in [0.1, 0.15) is 25.8 Å². The molecule has 0 heterocycles. The second-order valence-corrected chi connectivity index (χ2v) is 7.16. The van der Waals surface area contributed by atoms with Crippen LogP contribution in [0.4, 0.5) is 4.79 Å². The van der Waals surface area contributed by atoms with E-state index in [1.165, 1.54) is 16.9 Å². The van der Waals surface area contributed by atoms with Crippen molar-refractivity contribution in [2.75, 3.05) is 19.8 Å². The Kier molecular flexibility index (Phi) is 4.63. The molecule has 2 amide bonds. The van der Waals surface area contributed by atoms with Gasteiger partial charge in [-0.1, -0.05) is 26.0 Å². The molecular formula is C16H24N2OS. The molecule has 2 rings (SSSR count). The Labute approximate surface area is 126 Å². The molecule has 110 valence electrons. The zero-order valence-electron chi connectivity index (χ0n) is 12.8. The van der Waals surface area contributed by atoms with Gasteiger partial charge < -0.3 is 10.2 Å². The first kappa shape index (κ1) is 15.2. The number of hydrogen-bond donors (Lipinski definition) is 1. The van der Waals surface area contributed by atoms with Gasteiger partial charge in [0, 0.05) is 25.0 Å². The Hall–Kier alpha value is -1.16. The highest BCUT2D eigenvalue weighted by molar-refractivity contribution is 7.98. The van der Waals surface area contributed by atoms with Gasteiger partial charge in [0.05, 0.1) is 0 Å². The van der Waals surface area contributed by atoms with Gasteiger partial charge in [0.25, 0.3) is 0 Å². The van der Waals surface area contributed by atoms with E-state index in [1.807, 2.05) is 13.1 Å². The summed E-state index contributed by atoms with van der Waals surface area (Å²) in [6.07, 6.45) is 3.28. The Balaban J connectivity index is 1.81. The van der Waals surface area contributed by atoms with Crippen molar-refractivity contribution >= 4 is 17.8 Å². The summed E-state index contributed by atoms with van der Waals surface area (Å²) in [7, 11) is 1.85. The first-order chi connectivity index (χ1) is 9.42. The molecule has 0 aliphatic heterocycles. The number of rotatable bonds is 5. The highest BCUT2D eigenvalue weighted by Gasteiger charge is 2.45. The maximum absolute atomic E-state index is 12.1. The van der Waals surface area contributed by atoms with E-state index in [2.05, 4.69) is 43.6 Å². The number of amides is 2. The largest absolute Gasteiger partial charge is 0.338 e. The molecule has 0 saturated heterocycles. The van der Waals surface area contributed by atoms with E-state index in [0.29, 0.717) is 17.9 Å². The summed E-state index contributed by atoms with van der Waals surface area (Å²) in [5.74, 6) is 0.639. The molecule has 4 heteroatoms. The van der Waals surface area contributed by atoms with Crippen LogP contribution in [0.15, 0.2) is 29.2 Å². The normalized spacial score (nSPS) is 19.5. The molecule has 1 unspecified atom stereocenters. The predicted octanol–water partition coefficient (Wildman–Crippen LogP) is 3.60. The molecule has 3 nitrogen and oxygen atoms in total. The van der Waals surface area contributed by atoms with Crippen molar-refractivity contribution in [3.63, 3.8) is 0 Å². The minimum absolute atomic E-state index is 0.0160. The van der Waals surface area contributed by atoms with E-state index >= 15 is 0 Å². The number of hydrogen-bond acceptors (Lipinski definition) is 2. The second kappa shape index (κ2) is 6.08. The van der Waals surface area contributed by atoms with Crippen LogP contribution in [0.2, 0.25) is 0 Å². The highest BCUT2D eigenvalue weighted by atomic mass is 32.2. The molecule has 1 fully saturated rings. The monoisotopic (exact) mass is 292 g/mol. The summed E-state index contributed by atoms with van der Waals surface area (Å²) in [5, 5.41) is 3.03. The Morgan fingerprint density at radius 2 is 2.20 bits per heavy atom. The second-order valence-electron chi connectivity index (χ2n) is 6.28. The van der Waals surface area contributed by atoms with Crippen molar-refractivity contribution in [3.8, 4) is 0 Å². The SMILES string of the molecule is CSc1cccc(CN(C)C(=O)NCC2CC2(C)C)c1. The maximum atomic E-state index is 12.1. The zero-order chi connectivity index (χ0) is 14.8. The van der Waals surface area contributed by atoms with E-state index in [-0.39, 0.29) is 6.03 Å². The fraction of sp³-hybridized carbons (Fsp3) is 0.562. The molecule has 1 aromatic rings. The lowest BCUT2D eigenvalue weighted by molar-refractivity contribution is 0.206. The molecule has 0 spiro atoms. The molecule has 20 heavy (non-hydrogen) atoms. The molecule has 0 bridgehead atoms. The van der Waals surface area contributed by atoms with Crippen molar-refractivity contribution in [1.29, 1.82) is 0 Å². The van der Waals surface area contributed by atoms with Crippen LogP contribution in [-0.4, -0.2) is 30.8 Å². The summed E-state index contributed by atoms with van der Waals surface area (Å²) < 4.78 is 0. The minimum atomic E-state index is 0.0160. The van der Waals surface area contributed by atoms with Crippen molar-refractivity contribution < 1.29 is 4.79 Å². The molecule has 0 aromatic heterocycles. The van der Waals surface area contributed by atoms with Gasteiger partial charge in [0.15, 0.2) is 0 Å². The van der Waals surface area contributed by atoms with E-state index in [9.17, 15) is 4.79 Å². The van der Waals surface area contributed by atoms with Crippen LogP contribution in [0.5, 0.6) is 0 Å². The van der Waals surface area contributed by atoms with Crippen molar-refractivity contribution in [3.05, 3.63) is 29.8 Å². The molecule has 1 aromatic carbocycles. The van der Waals surface area contributed by atoms with Crippen LogP contribution >= 0.6 is 11.8 Å². The Morgan fingerprint density at radius 1 is 1.50 bits per heavy atom. The number of benzene rings is 1. The third kappa shape index (κ3) is 3.92. The smallest absolute Gasteiger partial charge is 0.317 e. The van der Waals surface area contributed by atoms with Crippen molar-refractivity contribution in [2.45, 2.75) is 31.7 Å². The highest BCUT2D eigenvalue weighted by Crippen LogP contribution is 2.50. The fourth-order valence-corrected chi connectivity index (χ4v) is 2.87. The summed E-state index contributed by atoms with van der Waals surface area (Å²) in [6, 6.07) is 8.34. The third-order valence-electron chi connectivity index (χ3n) is 4.12. The molecule has 1 aliphatic rings. The van der Waals surface area contributed by atoms with Gasteiger partial charge in [-0.15, -0.1) is 11.8 Å². The number of carbonyl (C=O) groups is 1. The molecule has 0 radical (unpaired) electrons. The molecule has 1 aliphatic carbocycles. The van der Waals surface area contributed by atoms with Crippen molar-refractivity contribution in [2.24, 2.45) is 11.3 Å². The van der Waals surface area contributed by atoms with Crippen LogP contribution < -0.4 is 5.32 Å². The number of thioether (sulfide) groups is 1. The first-order valence-corrected chi connectivity index (χ1v) is 8.27. The summed E-state index contributed by atoms with van der Waals surface area (Å²) in [4.78, 5) is 15.0. The lowest BCUT2D eigenvalue weighted by atomic mass is 10.1.